The second kappa shape index (κ2) is 6.13. The highest BCUT2D eigenvalue weighted by molar-refractivity contribution is 6.41. The van der Waals surface area contributed by atoms with Gasteiger partial charge in [-0.15, -0.1) is 0 Å². The fourth-order valence-electron chi connectivity index (χ4n) is 4.88. The molecular formula is C21H18Cl2N2O3. The first-order valence-corrected chi connectivity index (χ1v) is 10.1. The topological polar surface area (TPSA) is 51.1 Å². The number of hydrogen-bond acceptors (Lipinski definition) is 5. The van der Waals surface area contributed by atoms with Crippen molar-refractivity contribution >= 4 is 40.7 Å². The Morgan fingerprint density at radius 1 is 1.11 bits per heavy atom. The predicted molar refractivity (Wildman–Crippen MR) is 108 cm³/mol. The third kappa shape index (κ3) is 2.14. The molecule has 5 nitrogen and oxygen atoms in total. The predicted octanol–water partition coefficient (Wildman–Crippen LogP) is 5.23. The van der Waals surface area contributed by atoms with Crippen LogP contribution in [-0.2, 0) is 20.0 Å². The molecule has 2 aliphatic heterocycles. The number of carbonyl (C=O) groups excluding carboxylic acids is 1. The Kier molecular flexibility index (Phi) is 3.90. The molecule has 0 N–H and O–H groups in total. The minimum Gasteiger partial charge on any atom is -0.448 e. The monoisotopic (exact) mass is 416 g/mol. The number of hydrogen-bond donors (Lipinski definition) is 0. The summed E-state index contributed by atoms with van der Waals surface area (Å²) < 4.78 is 6.03. The quantitative estimate of drug-likeness (QED) is 0.628. The molecule has 2 aromatic rings. The largest absolute Gasteiger partial charge is 0.448 e. The average molecular weight is 417 g/mol. The molecule has 2 heterocycles. The van der Waals surface area contributed by atoms with Crippen molar-refractivity contribution in [1.29, 1.82) is 0 Å². The van der Waals surface area contributed by atoms with Gasteiger partial charge in [-0.05, 0) is 37.5 Å². The van der Waals surface area contributed by atoms with E-state index in [0.29, 0.717) is 34.3 Å². The van der Waals surface area contributed by atoms with Gasteiger partial charge in [0.2, 0.25) is 5.60 Å². The number of rotatable bonds is 2. The minimum absolute atomic E-state index is 0.342. The Morgan fingerprint density at radius 2 is 1.82 bits per heavy atom. The molecule has 144 valence electrons. The first kappa shape index (κ1) is 17.8. The van der Waals surface area contributed by atoms with Crippen LogP contribution in [0.15, 0.2) is 47.6 Å². The fraction of sp³-hybridized carbons (Fsp3) is 0.333. The van der Waals surface area contributed by atoms with E-state index in [2.05, 4.69) is 5.16 Å². The smallest absolute Gasteiger partial charge is 0.303 e. The van der Waals surface area contributed by atoms with Crippen molar-refractivity contribution in [2.75, 3.05) is 4.90 Å². The van der Waals surface area contributed by atoms with Gasteiger partial charge >= 0.3 is 5.97 Å². The summed E-state index contributed by atoms with van der Waals surface area (Å²) in [5.41, 5.74) is 0.588. The molecule has 0 radical (unpaired) electrons. The van der Waals surface area contributed by atoms with Crippen LogP contribution >= 0.6 is 23.2 Å². The molecule has 2 atom stereocenters. The van der Waals surface area contributed by atoms with E-state index >= 15 is 0 Å². The lowest BCUT2D eigenvalue weighted by atomic mass is 9.74. The summed E-state index contributed by atoms with van der Waals surface area (Å²) in [6, 6.07) is 13.2. The zero-order valence-corrected chi connectivity index (χ0v) is 16.8. The van der Waals surface area contributed by atoms with Crippen molar-refractivity contribution in [2.45, 2.75) is 43.9 Å². The van der Waals surface area contributed by atoms with Crippen molar-refractivity contribution in [3.05, 3.63) is 63.6 Å². The maximum atomic E-state index is 12.1. The summed E-state index contributed by atoms with van der Waals surface area (Å²) in [7, 11) is 0. The molecule has 1 aliphatic carbocycles. The number of carbonyl (C=O) groups is 1. The van der Waals surface area contributed by atoms with Crippen LogP contribution in [0.4, 0.5) is 5.69 Å². The second-order valence-electron chi connectivity index (χ2n) is 7.37. The molecule has 3 aliphatic rings. The highest BCUT2D eigenvalue weighted by Crippen LogP contribution is 2.62. The lowest BCUT2D eigenvalue weighted by molar-refractivity contribution is -0.215. The third-order valence-electron chi connectivity index (χ3n) is 5.87. The van der Waals surface area contributed by atoms with Crippen LogP contribution in [-0.4, -0.2) is 17.5 Å². The summed E-state index contributed by atoms with van der Waals surface area (Å²) in [5.74, 6) is 0.199. The highest BCUT2D eigenvalue weighted by atomic mass is 35.5. The first-order chi connectivity index (χ1) is 13.5. The number of esters is 1. The van der Waals surface area contributed by atoms with Gasteiger partial charge in [0.1, 0.15) is 0 Å². The van der Waals surface area contributed by atoms with Crippen LogP contribution < -0.4 is 4.90 Å². The van der Waals surface area contributed by atoms with Crippen LogP contribution in [0.3, 0.4) is 0 Å². The number of halogens is 2. The van der Waals surface area contributed by atoms with Crippen molar-refractivity contribution < 1.29 is 14.4 Å². The van der Waals surface area contributed by atoms with Crippen LogP contribution in [0.25, 0.3) is 0 Å². The summed E-state index contributed by atoms with van der Waals surface area (Å²) in [5, 5.41) is 5.40. The Labute approximate surface area is 172 Å². The van der Waals surface area contributed by atoms with Gasteiger partial charge in [-0.25, -0.2) is 0 Å². The lowest BCUT2D eigenvalue weighted by Crippen LogP contribution is -2.61. The van der Waals surface area contributed by atoms with Crippen LogP contribution in [0.5, 0.6) is 0 Å². The Bertz CT molecular complexity index is 1000. The minimum atomic E-state index is -0.932. The number of ether oxygens (including phenoxy) is 1. The van der Waals surface area contributed by atoms with E-state index in [1.54, 1.807) is 18.2 Å². The molecule has 28 heavy (non-hydrogen) atoms. The fourth-order valence-corrected chi connectivity index (χ4v) is 5.45. The molecular weight excluding hydrogens is 399 g/mol. The van der Waals surface area contributed by atoms with E-state index in [1.165, 1.54) is 6.92 Å². The van der Waals surface area contributed by atoms with E-state index in [1.807, 2.05) is 29.2 Å². The summed E-state index contributed by atoms with van der Waals surface area (Å²) >= 11 is 13.0. The number of amidine groups is 1. The van der Waals surface area contributed by atoms with Crippen molar-refractivity contribution in [2.24, 2.45) is 5.16 Å². The number of nitrogens with zero attached hydrogens (tertiary/aromatic N) is 2. The molecule has 2 unspecified atom stereocenters. The van der Waals surface area contributed by atoms with E-state index in [9.17, 15) is 4.79 Å². The molecule has 7 heteroatoms. The number of benzene rings is 2. The van der Waals surface area contributed by atoms with E-state index in [-0.39, 0.29) is 5.97 Å². The van der Waals surface area contributed by atoms with Gasteiger partial charge < -0.3 is 9.57 Å². The van der Waals surface area contributed by atoms with E-state index in [0.717, 1.165) is 24.1 Å². The number of fused-ring (bicyclic) bond motifs is 3. The maximum absolute atomic E-state index is 12.1. The molecule has 0 amide bonds. The van der Waals surface area contributed by atoms with Crippen LogP contribution in [0.2, 0.25) is 10.0 Å². The third-order valence-corrected chi connectivity index (χ3v) is 6.50. The molecule has 5 rings (SSSR count). The molecule has 2 aromatic carbocycles. The van der Waals surface area contributed by atoms with E-state index < -0.39 is 11.3 Å². The Morgan fingerprint density at radius 3 is 2.57 bits per heavy atom. The number of para-hydroxylation sites is 1. The zero-order valence-electron chi connectivity index (χ0n) is 15.2. The standard InChI is InChI=1S/C21H18Cl2N2O3/c1-13(26)27-20-11-4-5-12-21(20)25(17-10-3-2-7-14(17)20)19(24-28-21)18-15(22)8-6-9-16(18)23/h2-3,6-10H,4-5,11-12H2,1H3. The van der Waals surface area contributed by atoms with Crippen molar-refractivity contribution in [1.82, 2.24) is 0 Å². The molecule has 0 bridgehead atoms. The normalized spacial score (nSPS) is 27.4. The van der Waals surface area contributed by atoms with Gasteiger partial charge in [-0.1, -0.05) is 52.6 Å². The van der Waals surface area contributed by atoms with Gasteiger partial charge in [-0.2, -0.15) is 0 Å². The summed E-state index contributed by atoms with van der Waals surface area (Å²) in [6.45, 7) is 1.43. The van der Waals surface area contributed by atoms with Gasteiger partial charge in [0.05, 0.1) is 21.3 Å². The number of anilines is 1. The van der Waals surface area contributed by atoms with Crippen molar-refractivity contribution in [3.63, 3.8) is 0 Å². The van der Waals surface area contributed by atoms with Gasteiger partial charge in [-0.3, -0.25) is 9.69 Å². The molecule has 1 saturated carbocycles. The molecule has 0 saturated heterocycles. The second-order valence-corrected chi connectivity index (χ2v) is 8.18. The summed E-state index contributed by atoms with van der Waals surface area (Å²) in [6.07, 6.45) is 3.21. The molecule has 0 aromatic heterocycles. The average Bonchev–Trinajstić information content (AvgIpc) is 3.13. The molecule has 1 spiro atoms. The number of oxime groups is 1. The van der Waals surface area contributed by atoms with Gasteiger partial charge in [0.15, 0.2) is 5.84 Å². The van der Waals surface area contributed by atoms with Crippen LogP contribution in [0, 0.1) is 0 Å². The van der Waals surface area contributed by atoms with Crippen molar-refractivity contribution in [3.8, 4) is 0 Å². The maximum Gasteiger partial charge on any atom is 0.303 e. The molecule has 1 fully saturated rings. The van der Waals surface area contributed by atoms with Gasteiger partial charge in [0.25, 0.3) is 5.72 Å². The SMILES string of the molecule is CC(=O)OC12CCCCC13ON=C(c1c(Cl)cccc1Cl)N3c1ccccc12. The Hall–Kier alpha value is -2.24. The van der Waals surface area contributed by atoms with Crippen LogP contribution in [0.1, 0.15) is 43.7 Å². The lowest BCUT2D eigenvalue weighted by Gasteiger charge is -2.46. The first-order valence-electron chi connectivity index (χ1n) is 9.30. The summed E-state index contributed by atoms with van der Waals surface area (Å²) in [4.78, 5) is 20.3. The zero-order chi connectivity index (χ0) is 19.5. The van der Waals surface area contributed by atoms with Gasteiger partial charge in [0, 0.05) is 18.9 Å². The highest BCUT2D eigenvalue weighted by Gasteiger charge is 2.71. The van der Waals surface area contributed by atoms with E-state index in [4.69, 9.17) is 32.8 Å². The Balaban J connectivity index is 1.76.